The predicted molar refractivity (Wildman–Crippen MR) is 83.8 cm³/mol. The van der Waals surface area contributed by atoms with Crippen LogP contribution in [0.3, 0.4) is 0 Å². The largest absolute Gasteiger partial charge is 0.497 e. The standard InChI is InChI=1S/C15H15N3O3S/c1-3-13-17-18-14(19)8-10(16-15(18)22-13)9-21-12-6-4-11(20-2)5-7-12/h4-8H,3,9H2,1-2H3. The summed E-state index contributed by atoms with van der Waals surface area (Å²) >= 11 is 1.42. The minimum atomic E-state index is -0.186. The van der Waals surface area contributed by atoms with Crippen molar-refractivity contribution in [2.45, 2.75) is 20.0 Å². The molecule has 0 spiro atoms. The fraction of sp³-hybridized carbons (Fsp3) is 0.267. The van der Waals surface area contributed by atoms with Crippen molar-refractivity contribution in [3.8, 4) is 11.5 Å². The van der Waals surface area contributed by atoms with Crippen molar-refractivity contribution in [1.29, 1.82) is 0 Å². The molecule has 2 heterocycles. The first kappa shape index (κ1) is 14.5. The van der Waals surface area contributed by atoms with Gasteiger partial charge in [0.25, 0.3) is 5.56 Å². The van der Waals surface area contributed by atoms with Crippen molar-refractivity contribution in [2.24, 2.45) is 0 Å². The van der Waals surface area contributed by atoms with Gasteiger partial charge in [-0.15, -0.1) is 0 Å². The molecule has 6 nitrogen and oxygen atoms in total. The summed E-state index contributed by atoms with van der Waals surface area (Å²) in [7, 11) is 1.61. The van der Waals surface area contributed by atoms with Crippen molar-refractivity contribution < 1.29 is 9.47 Å². The van der Waals surface area contributed by atoms with Crippen LogP contribution in [0.5, 0.6) is 11.5 Å². The molecular formula is C15H15N3O3S. The lowest BCUT2D eigenvalue weighted by atomic mass is 10.3. The summed E-state index contributed by atoms with van der Waals surface area (Å²) < 4.78 is 12.1. The maximum atomic E-state index is 12.0. The van der Waals surface area contributed by atoms with E-state index >= 15 is 0 Å². The minimum absolute atomic E-state index is 0.186. The van der Waals surface area contributed by atoms with E-state index in [1.54, 1.807) is 7.11 Å². The first-order chi connectivity index (χ1) is 10.7. The number of fused-ring (bicyclic) bond motifs is 1. The lowest BCUT2D eigenvalue weighted by molar-refractivity contribution is 0.300. The highest BCUT2D eigenvalue weighted by Crippen LogP contribution is 2.18. The Hall–Kier alpha value is -2.41. The number of benzene rings is 1. The number of hydrogen-bond donors (Lipinski definition) is 0. The van der Waals surface area contributed by atoms with Gasteiger partial charge in [-0.3, -0.25) is 4.79 Å². The van der Waals surface area contributed by atoms with E-state index in [1.807, 2.05) is 31.2 Å². The van der Waals surface area contributed by atoms with Crippen LogP contribution in [0.15, 0.2) is 35.1 Å². The van der Waals surface area contributed by atoms with E-state index in [1.165, 1.54) is 21.9 Å². The van der Waals surface area contributed by atoms with E-state index in [4.69, 9.17) is 9.47 Å². The molecule has 0 saturated carbocycles. The van der Waals surface area contributed by atoms with Crippen molar-refractivity contribution in [3.05, 3.63) is 51.4 Å². The van der Waals surface area contributed by atoms with Gasteiger partial charge in [0.15, 0.2) is 0 Å². The molecule has 114 valence electrons. The first-order valence-corrected chi connectivity index (χ1v) is 7.67. The second-order valence-electron chi connectivity index (χ2n) is 4.59. The zero-order valence-electron chi connectivity index (χ0n) is 12.3. The molecule has 0 N–H and O–H groups in total. The third-order valence-electron chi connectivity index (χ3n) is 3.09. The average Bonchev–Trinajstić information content (AvgIpc) is 2.97. The summed E-state index contributed by atoms with van der Waals surface area (Å²) in [5, 5.41) is 5.10. The van der Waals surface area contributed by atoms with Gasteiger partial charge in [-0.05, 0) is 30.7 Å². The quantitative estimate of drug-likeness (QED) is 0.722. The highest BCUT2D eigenvalue weighted by Gasteiger charge is 2.08. The normalized spacial score (nSPS) is 10.8. The van der Waals surface area contributed by atoms with Crippen LogP contribution in [-0.2, 0) is 13.0 Å². The van der Waals surface area contributed by atoms with Gasteiger partial charge in [0.05, 0.1) is 12.8 Å². The minimum Gasteiger partial charge on any atom is -0.497 e. The first-order valence-electron chi connectivity index (χ1n) is 6.85. The molecule has 1 aromatic carbocycles. The molecule has 0 amide bonds. The summed E-state index contributed by atoms with van der Waals surface area (Å²) in [5.41, 5.74) is 0.404. The second-order valence-corrected chi connectivity index (χ2v) is 5.63. The van der Waals surface area contributed by atoms with Crippen molar-refractivity contribution >= 4 is 16.3 Å². The molecule has 0 aliphatic carbocycles. The Morgan fingerprint density at radius 3 is 2.64 bits per heavy atom. The van der Waals surface area contributed by atoms with E-state index in [-0.39, 0.29) is 12.2 Å². The van der Waals surface area contributed by atoms with Gasteiger partial charge in [0.1, 0.15) is 23.1 Å². The summed E-state index contributed by atoms with van der Waals surface area (Å²) in [6, 6.07) is 8.71. The van der Waals surface area contributed by atoms with E-state index in [0.29, 0.717) is 16.4 Å². The summed E-state index contributed by atoms with van der Waals surface area (Å²) in [5.74, 6) is 1.46. The van der Waals surface area contributed by atoms with Gasteiger partial charge in [-0.2, -0.15) is 9.61 Å². The number of hydrogen-bond acceptors (Lipinski definition) is 6. The van der Waals surface area contributed by atoms with Crippen LogP contribution in [0.2, 0.25) is 0 Å². The van der Waals surface area contributed by atoms with Crippen molar-refractivity contribution in [1.82, 2.24) is 14.6 Å². The van der Waals surface area contributed by atoms with E-state index in [2.05, 4.69) is 10.1 Å². The molecule has 0 saturated heterocycles. The van der Waals surface area contributed by atoms with Crippen LogP contribution >= 0.6 is 11.3 Å². The summed E-state index contributed by atoms with van der Waals surface area (Å²) in [6.07, 6.45) is 0.783. The molecule has 0 bridgehead atoms. The molecule has 0 atom stereocenters. The van der Waals surface area contributed by atoms with E-state index in [0.717, 1.165) is 17.2 Å². The summed E-state index contributed by atoms with van der Waals surface area (Å²) in [6.45, 7) is 2.23. The maximum Gasteiger partial charge on any atom is 0.275 e. The van der Waals surface area contributed by atoms with Crippen LogP contribution in [-0.4, -0.2) is 21.7 Å². The molecule has 3 aromatic rings. The van der Waals surface area contributed by atoms with Crippen LogP contribution in [0.1, 0.15) is 17.6 Å². The highest BCUT2D eigenvalue weighted by molar-refractivity contribution is 7.16. The zero-order valence-corrected chi connectivity index (χ0v) is 13.1. The Kier molecular flexibility index (Phi) is 4.06. The number of aryl methyl sites for hydroxylation is 1. The predicted octanol–water partition coefficient (Wildman–Crippen LogP) is 2.30. The van der Waals surface area contributed by atoms with Crippen LogP contribution in [0, 0.1) is 0 Å². The lowest BCUT2D eigenvalue weighted by Crippen LogP contribution is -2.16. The molecule has 2 aromatic heterocycles. The number of aromatic nitrogens is 3. The lowest BCUT2D eigenvalue weighted by Gasteiger charge is -2.06. The average molecular weight is 317 g/mol. The molecule has 0 fully saturated rings. The van der Waals surface area contributed by atoms with Crippen LogP contribution < -0.4 is 15.0 Å². The van der Waals surface area contributed by atoms with E-state index in [9.17, 15) is 4.79 Å². The monoisotopic (exact) mass is 317 g/mol. The van der Waals surface area contributed by atoms with Gasteiger partial charge in [-0.1, -0.05) is 18.3 Å². The van der Waals surface area contributed by atoms with Gasteiger partial charge >= 0.3 is 0 Å². The Balaban J connectivity index is 1.79. The highest BCUT2D eigenvalue weighted by atomic mass is 32.1. The molecule has 7 heteroatoms. The Bertz CT molecular complexity index is 839. The van der Waals surface area contributed by atoms with Gasteiger partial charge in [-0.25, -0.2) is 4.98 Å². The topological polar surface area (TPSA) is 65.7 Å². The Morgan fingerprint density at radius 2 is 1.95 bits per heavy atom. The summed E-state index contributed by atoms with van der Waals surface area (Å²) in [4.78, 5) is 17.0. The third-order valence-corrected chi connectivity index (χ3v) is 4.14. The number of nitrogens with zero attached hydrogens (tertiary/aromatic N) is 3. The van der Waals surface area contributed by atoms with Crippen molar-refractivity contribution in [3.63, 3.8) is 0 Å². The number of rotatable bonds is 5. The fourth-order valence-electron chi connectivity index (χ4n) is 1.94. The molecule has 0 aliphatic rings. The molecule has 0 unspecified atom stereocenters. The molecule has 22 heavy (non-hydrogen) atoms. The van der Waals surface area contributed by atoms with Crippen LogP contribution in [0.25, 0.3) is 4.96 Å². The van der Waals surface area contributed by atoms with Gasteiger partial charge in [0.2, 0.25) is 4.96 Å². The second kappa shape index (κ2) is 6.15. The van der Waals surface area contributed by atoms with Gasteiger partial charge < -0.3 is 9.47 Å². The molecule has 0 radical (unpaired) electrons. The van der Waals surface area contributed by atoms with Crippen molar-refractivity contribution in [2.75, 3.05) is 7.11 Å². The van der Waals surface area contributed by atoms with Crippen LogP contribution in [0.4, 0.5) is 0 Å². The van der Waals surface area contributed by atoms with E-state index < -0.39 is 0 Å². The zero-order chi connectivity index (χ0) is 15.5. The maximum absolute atomic E-state index is 12.0. The smallest absolute Gasteiger partial charge is 0.275 e. The number of ether oxygens (including phenoxy) is 2. The van der Waals surface area contributed by atoms with Gasteiger partial charge in [0, 0.05) is 6.07 Å². The molecular weight excluding hydrogens is 302 g/mol. The third kappa shape index (κ3) is 2.94. The molecule has 0 aliphatic heterocycles. The Labute approximate surface area is 131 Å². The Morgan fingerprint density at radius 1 is 1.23 bits per heavy atom. The SMILES string of the molecule is CCc1nn2c(=O)cc(COc3ccc(OC)cc3)nc2s1. The number of methoxy groups -OCH3 is 1. The fourth-order valence-corrected chi connectivity index (χ4v) is 2.80. The molecule has 3 rings (SSSR count).